The third kappa shape index (κ3) is 15.3. The summed E-state index contributed by atoms with van der Waals surface area (Å²) in [6, 6.07) is 0. The van der Waals surface area contributed by atoms with Gasteiger partial charge in [-0.1, -0.05) is 0 Å². The number of carbonyl (C=O) groups is 2. The van der Waals surface area contributed by atoms with E-state index in [0.717, 1.165) is 51.9 Å². The second-order valence-electron chi connectivity index (χ2n) is 6.22. The molecule has 130 valence electrons. The lowest BCUT2D eigenvalue weighted by Crippen LogP contribution is -2.27. The molecule has 0 spiro atoms. The van der Waals surface area contributed by atoms with Gasteiger partial charge in [-0.05, 0) is 67.0 Å². The molecule has 0 rings (SSSR count). The van der Waals surface area contributed by atoms with Crippen molar-refractivity contribution >= 4 is 11.8 Å². The summed E-state index contributed by atoms with van der Waals surface area (Å²) in [5.41, 5.74) is 0. The maximum Gasteiger partial charge on any atom is 0.219 e. The van der Waals surface area contributed by atoms with Crippen LogP contribution in [0.4, 0.5) is 0 Å². The predicted molar refractivity (Wildman–Crippen MR) is 90.8 cm³/mol. The van der Waals surface area contributed by atoms with E-state index in [0.29, 0.717) is 12.8 Å². The molecule has 0 aliphatic heterocycles. The zero-order chi connectivity index (χ0) is 16.8. The zero-order valence-electron chi connectivity index (χ0n) is 14.8. The van der Waals surface area contributed by atoms with E-state index in [-0.39, 0.29) is 11.8 Å². The molecule has 0 heterocycles. The SMILES string of the molecule is CN(C)CCCNC(=O)CCCCC(=O)NCCCN(C)C. The van der Waals surface area contributed by atoms with Gasteiger partial charge in [0.1, 0.15) is 0 Å². The molecule has 0 saturated heterocycles. The smallest absolute Gasteiger partial charge is 0.219 e. The number of hydrogen-bond donors (Lipinski definition) is 2. The monoisotopic (exact) mass is 314 g/mol. The van der Waals surface area contributed by atoms with Crippen LogP contribution >= 0.6 is 0 Å². The molecule has 6 heteroatoms. The summed E-state index contributed by atoms with van der Waals surface area (Å²) in [4.78, 5) is 27.4. The Hall–Kier alpha value is -1.14. The number of rotatable bonds is 13. The molecular formula is C16H34N4O2. The second kappa shape index (κ2) is 13.5. The highest BCUT2D eigenvalue weighted by Gasteiger charge is 2.04. The summed E-state index contributed by atoms with van der Waals surface area (Å²) in [5.74, 6) is 0.176. The average Bonchev–Trinajstić information content (AvgIpc) is 2.44. The van der Waals surface area contributed by atoms with Crippen molar-refractivity contribution < 1.29 is 9.59 Å². The Balaban J connectivity index is 3.39. The molecule has 0 aromatic heterocycles. The van der Waals surface area contributed by atoms with Crippen LogP contribution in [0.15, 0.2) is 0 Å². The summed E-state index contributed by atoms with van der Waals surface area (Å²) in [5, 5.41) is 5.82. The normalized spacial score (nSPS) is 11.0. The Morgan fingerprint density at radius 1 is 0.682 bits per heavy atom. The number of hydrogen-bond acceptors (Lipinski definition) is 4. The summed E-state index contributed by atoms with van der Waals surface area (Å²) < 4.78 is 0. The van der Waals surface area contributed by atoms with Crippen LogP contribution in [0.3, 0.4) is 0 Å². The van der Waals surface area contributed by atoms with E-state index in [1.54, 1.807) is 0 Å². The largest absolute Gasteiger partial charge is 0.356 e. The predicted octanol–water partition coefficient (Wildman–Crippen LogP) is 0.683. The molecule has 0 unspecified atom stereocenters. The Morgan fingerprint density at radius 3 is 1.36 bits per heavy atom. The summed E-state index contributed by atoms with van der Waals surface area (Å²) in [6.45, 7) is 3.41. The van der Waals surface area contributed by atoms with Crippen LogP contribution in [-0.2, 0) is 9.59 Å². The fourth-order valence-electron chi connectivity index (χ4n) is 1.99. The lowest BCUT2D eigenvalue weighted by molar-refractivity contribution is -0.123. The van der Waals surface area contributed by atoms with Crippen molar-refractivity contribution in [2.75, 3.05) is 54.4 Å². The van der Waals surface area contributed by atoms with Gasteiger partial charge < -0.3 is 20.4 Å². The van der Waals surface area contributed by atoms with Gasteiger partial charge in [0.15, 0.2) is 0 Å². The van der Waals surface area contributed by atoms with Gasteiger partial charge in [-0.2, -0.15) is 0 Å². The van der Waals surface area contributed by atoms with Crippen molar-refractivity contribution in [3.63, 3.8) is 0 Å². The Kier molecular flexibility index (Phi) is 12.8. The minimum Gasteiger partial charge on any atom is -0.356 e. The number of carbonyl (C=O) groups excluding carboxylic acids is 2. The molecule has 0 radical (unpaired) electrons. The fraction of sp³-hybridized carbons (Fsp3) is 0.875. The van der Waals surface area contributed by atoms with Gasteiger partial charge in [-0.3, -0.25) is 9.59 Å². The van der Waals surface area contributed by atoms with E-state index in [2.05, 4.69) is 20.4 Å². The summed E-state index contributed by atoms with van der Waals surface area (Å²) >= 11 is 0. The average molecular weight is 314 g/mol. The summed E-state index contributed by atoms with van der Waals surface area (Å²) in [7, 11) is 8.08. The van der Waals surface area contributed by atoms with Crippen LogP contribution in [0.25, 0.3) is 0 Å². The minimum atomic E-state index is 0.0881. The van der Waals surface area contributed by atoms with Crippen molar-refractivity contribution in [2.24, 2.45) is 0 Å². The van der Waals surface area contributed by atoms with E-state index >= 15 is 0 Å². The van der Waals surface area contributed by atoms with E-state index in [1.165, 1.54) is 0 Å². The van der Waals surface area contributed by atoms with Crippen molar-refractivity contribution in [1.29, 1.82) is 0 Å². The molecule has 0 fully saturated rings. The minimum absolute atomic E-state index is 0.0881. The van der Waals surface area contributed by atoms with Gasteiger partial charge >= 0.3 is 0 Å². The third-order valence-corrected chi connectivity index (χ3v) is 3.27. The molecule has 2 N–H and O–H groups in total. The first kappa shape index (κ1) is 20.9. The molecule has 22 heavy (non-hydrogen) atoms. The lowest BCUT2D eigenvalue weighted by atomic mass is 10.2. The third-order valence-electron chi connectivity index (χ3n) is 3.27. The molecule has 0 saturated carbocycles. The van der Waals surface area contributed by atoms with Crippen LogP contribution in [-0.4, -0.2) is 76.0 Å². The first-order valence-corrected chi connectivity index (χ1v) is 8.24. The molecule has 0 aliphatic rings. The van der Waals surface area contributed by atoms with Crippen LogP contribution in [0.2, 0.25) is 0 Å². The Bertz CT molecular complexity index is 277. The fourth-order valence-corrected chi connectivity index (χ4v) is 1.99. The van der Waals surface area contributed by atoms with E-state index in [9.17, 15) is 9.59 Å². The molecule has 0 aromatic carbocycles. The van der Waals surface area contributed by atoms with E-state index < -0.39 is 0 Å². The van der Waals surface area contributed by atoms with Crippen LogP contribution in [0, 0.1) is 0 Å². The zero-order valence-corrected chi connectivity index (χ0v) is 14.8. The van der Waals surface area contributed by atoms with E-state index in [1.807, 2.05) is 28.2 Å². The highest BCUT2D eigenvalue weighted by atomic mass is 16.2. The van der Waals surface area contributed by atoms with Crippen LogP contribution in [0.1, 0.15) is 38.5 Å². The Labute approximate surface area is 135 Å². The quantitative estimate of drug-likeness (QED) is 0.491. The number of unbranched alkanes of at least 4 members (excludes halogenated alkanes) is 1. The van der Waals surface area contributed by atoms with Crippen molar-refractivity contribution in [2.45, 2.75) is 38.5 Å². The summed E-state index contributed by atoms with van der Waals surface area (Å²) in [6.07, 6.45) is 4.49. The van der Waals surface area contributed by atoms with Gasteiger partial charge in [0.05, 0.1) is 0 Å². The maximum absolute atomic E-state index is 11.6. The van der Waals surface area contributed by atoms with Crippen LogP contribution < -0.4 is 10.6 Å². The molecule has 0 bridgehead atoms. The highest BCUT2D eigenvalue weighted by Crippen LogP contribution is 2.00. The molecule has 2 amide bonds. The topological polar surface area (TPSA) is 64.7 Å². The van der Waals surface area contributed by atoms with Crippen molar-refractivity contribution in [1.82, 2.24) is 20.4 Å². The second-order valence-corrected chi connectivity index (χ2v) is 6.22. The Morgan fingerprint density at radius 2 is 1.05 bits per heavy atom. The molecule has 0 aromatic rings. The van der Waals surface area contributed by atoms with Gasteiger partial charge in [0.25, 0.3) is 0 Å². The van der Waals surface area contributed by atoms with Crippen LogP contribution in [0.5, 0.6) is 0 Å². The molecule has 6 nitrogen and oxygen atoms in total. The molecule has 0 aliphatic carbocycles. The number of nitrogens with zero attached hydrogens (tertiary/aromatic N) is 2. The number of nitrogens with one attached hydrogen (secondary N) is 2. The maximum atomic E-state index is 11.6. The standard InChI is InChI=1S/C16H34N4O2/c1-19(2)13-7-11-17-15(21)9-5-6-10-16(22)18-12-8-14-20(3)4/h5-14H2,1-4H3,(H,17,21)(H,18,22). The van der Waals surface area contributed by atoms with Gasteiger partial charge in [0, 0.05) is 25.9 Å². The van der Waals surface area contributed by atoms with Crippen molar-refractivity contribution in [3.05, 3.63) is 0 Å². The first-order valence-electron chi connectivity index (χ1n) is 8.24. The molecular weight excluding hydrogens is 280 g/mol. The van der Waals surface area contributed by atoms with Gasteiger partial charge in [0.2, 0.25) is 11.8 Å². The lowest BCUT2D eigenvalue weighted by Gasteiger charge is -2.10. The van der Waals surface area contributed by atoms with Gasteiger partial charge in [-0.15, -0.1) is 0 Å². The number of amides is 2. The molecule has 0 atom stereocenters. The first-order chi connectivity index (χ1) is 10.4. The highest BCUT2D eigenvalue weighted by molar-refractivity contribution is 5.77. The van der Waals surface area contributed by atoms with E-state index in [4.69, 9.17) is 0 Å². The van der Waals surface area contributed by atoms with Crippen molar-refractivity contribution in [3.8, 4) is 0 Å². The van der Waals surface area contributed by atoms with Gasteiger partial charge in [-0.25, -0.2) is 0 Å².